The Hall–Kier alpha value is -2.44. The maximum atomic E-state index is 14.6. The van der Waals surface area contributed by atoms with Gasteiger partial charge in [-0.15, -0.1) is 0 Å². The minimum absolute atomic E-state index is 0.0693. The molecule has 7 heteroatoms. The number of rotatable bonds is 10. The molecule has 0 spiro atoms. The number of carbonyl (C=O) groups is 2. The predicted octanol–water partition coefficient (Wildman–Crippen LogP) is 5.65. The molecule has 7 nitrogen and oxygen atoms in total. The Morgan fingerprint density at radius 2 is 1.57 bits per heavy atom. The third-order valence-corrected chi connectivity index (χ3v) is 8.40. The summed E-state index contributed by atoms with van der Waals surface area (Å²) in [4.78, 5) is 29.2. The number of carbonyl (C=O) groups excluding carboxylic acids is 1. The summed E-state index contributed by atoms with van der Waals surface area (Å²) in [6, 6.07) is 3.75. The van der Waals surface area contributed by atoms with Crippen LogP contribution in [0.5, 0.6) is 17.2 Å². The lowest BCUT2D eigenvalue weighted by atomic mass is 9.70. The molecule has 1 amide bonds. The number of hydrogen-bond acceptors (Lipinski definition) is 5. The highest BCUT2D eigenvalue weighted by molar-refractivity contribution is 5.91. The zero-order chi connectivity index (χ0) is 25.6. The molecule has 0 bridgehead atoms. The SMILES string of the molecule is CCC(CC)C1(C(=O)O)CCCCN1C(=O)C(c1cc(OC)c(OC)c(OC)c1)C1CCCCC1. The maximum Gasteiger partial charge on any atom is 0.329 e. The first-order valence-corrected chi connectivity index (χ1v) is 13.2. The number of amides is 1. The van der Waals surface area contributed by atoms with Crippen LogP contribution in [0.2, 0.25) is 0 Å². The number of carboxylic acid groups (broad SMARTS) is 1. The van der Waals surface area contributed by atoms with Crippen LogP contribution in [0.25, 0.3) is 0 Å². The van der Waals surface area contributed by atoms with E-state index in [4.69, 9.17) is 14.2 Å². The summed E-state index contributed by atoms with van der Waals surface area (Å²) < 4.78 is 16.7. The molecule has 1 aromatic rings. The minimum Gasteiger partial charge on any atom is -0.493 e. The van der Waals surface area contributed by atoms with Gasteiger partial charge in [0.1, 0.15) is 5.54 Å². The van der Waals surface area contributed by atoms with Gasteiger partial charge in [0.15, 0.2) is 11.5 Å². The smallest absolute Gasteiger partial charge is 0.329 e. The highest BCUT2D eigenvalue weighted by Crippen LogP contribution is 2.47. The molecular weight excluding hydrogens is 446 g/mol. The number of benzene rings is 1. The second-order valence-corrected chi connectivity index (χ2v) is 10.0. The molecule has 2 atom stereocenters. The van der Waals surface area contributed by atoms with Gasteiger partial charge in [0, 0.05) is 6.54 Å². The fourth-order valence-electron chi connectivity index (χ4n) is 6.62. The zero-order valence-corrected chi connectivity index (χ0v) is 22.1. The number of methoxy groups -OCH3 is 3. The van der Waals surface area contributed by atoms with Crippen LogP contribution in [-0.4, -0.2) is 55.3 Å². The van der Waals surface area contributed by atoms with Gasteiger partial charge in [0.05, 0.1) is 27.2 Å². The van der Waals surface area contributed by atoms with Crippen molar-refractivity contribution in [2.24, 2.45) is 11.8 Å². The summed E-state index contributed by atoms with van der Waals surface area (Å²) in [5, 5.41) is 10.6. The van der Waals surface area contributed by atoms with Gasteiger partial charge in [0.2, 0.25) is 11.7 Å². The van der Waals surface area contributed by atoms with Gasteiger partial charge in [-0.3, -0.25) is 4.79 Å². The van der Waals surface area contributed by atoms with Crippen molar-refractivity contribution in [2.75, 3.05) is 27.9 Å². The van der Waals surface area contributed by atoms with Crippen LogP contribution >= 0.6 is 0 Å². The largest absolute Gasteiger partial charge is 0.493 e. The van der Waals surface area contributed by atoms with Gasteiger partial charge in [-0.2, -0.15) is 0 Å². The Morgan fingerprint density at radius 1 is 0.971 bits per heavy atom. The molecule has 3 rings (SSSR count). The highest BCUT2D eigenvalue weighted by Gasteiger charge is 2.54. The molecule has 2 aliphatic rings. The van der Waals surface area contributed by atoms with Crippen molar-refractivity contribution in [3.63, 3.8) is 0 Å². The third-order valence-electron chi connectivity index (χ3n) is 8.40. The lowest BCUT2D eigenvalue weighted by Crippen LogP contribution is -2.64. The Kier molecular flexibility index (Phi) is 9.31. The van der Waals surface area contributed by atoms with E-state index in [2.05, 4.69) is 0 Å². The van der Waals surface area contributed by atoms with E-state index in [0.29, 0.717) is 30.2 Å². The summed E-state index contributed by atoms with van der Waals surface area (Å²) in [7, 11) is 4.71. The molecule has 2 unspecified atom stereocenters. The summed E-state index contributed by atoms with van der Waals surface area (Å²) >= 11 is 0. The van der Waals surface area contributed by atoms with Gasteiger partial charge in [0.25, 0.3) is 0 Å². The number of nitrogens with zero attached hydrogens (tertiary/aromatic N) is 1. The van der Waals surface area contributed by atoms with Crippen molar-refractivity contribution in [3.8, 4) is 17.2 Å². The molecule has 1 N–H and O–H groups in total. The number of aliphatic carboxylic acids is 1. The van der Waals surface area contributed by atoms with Gasteiger partial charge >= 0.3 is 5.97 Å². The summed E-state index contributed by atoms with van der Waals surface area (Å²) in [6.07, 6.45) is 8.84. The van der Waals surface area contributed by atoms with E-state index in [-0.39, 0.29) is 17.7 Å². The van der Waals surface area contributed by atoms with E-state index in [9.17, 15) is 14.7 Å². The van der Waals surface area contributed by atoms with Crippen LogP contribution in [-0.2, 0) is 9.59 Å². The van der Waals surface area contributed by atoms with Crippen molar-refractivity contribution in [1.29, 1.82) is 0 Å². The molecule has 1 aromatic carbocycles. The van der Waals surface area contributed by atoms with Gasteiger partial charge in [-0.05, 0) is 61.6 Å². The number of likely N-dealkylation sites (tertiary alicyclic amines) is 1. The monoisotopic (exact) mass is 489 g/mol. The van der Waals surface area contributed by atoms with Crippen LogP contribution in [0.1, 0.15) is 89.5 Å². The average Bonchev–Trinajstić information content (AvgIpc) is 2.89. The standard InChI is InChI=1S/C28H43NO6/c1-6-21(7-2)28(27(31)32)15-11-12-16-29(28)26(30)24(19-13-9-8-10-14-19)20-17-22(33-3)25(35-5)23(18-20)34-4/h17-19,21,24H,6-16H2,1-5H3,(H,31,32). The van der Waals surface area contributed by atoms with Crippen molar-refractivity contribution < 1.29 is 28.9 Å². The lowest BCUT2D eigenvalue weighted by molar-refractivity contribution is -0.169. The number of ether oxygens (including phenoxy) is 3. The highest BCUT2D eigenvalue weighted by atomic mass is 16.5. The second-order valence-electron chi connectivity index (χ2n) is 10.0. The molecule has 1 aliphatic carbocycles. The minimum atomic E-state index is -1.16. The summed E-state index contributed by atoms with van der Waals surface area (Å²) in [6.45, 7) is 4.55. The quantitative estimate of drug-likeness (QED) is 0.457. The van der Waals surface area contributed by atoms with Crippen molar-refractivity contribution in [3.05, 3.63) is 17.7 Å². The molecular formula is C28H43NO6. The normalized spacial score (nSPS) is 22.1. The number of piperidine rings is 1. The van der Waals surface area contributed by atoms with Crippen LogP contribution in [0.15, 0.2) is 12.1 Å². The first-order valence-electron chi connectivity index (χ1n) is 13.2. The first kappa shape index (κ1) is 27.2. The van der Waals surface area contributed by atoms with Gasteiger partial charge < -0.3 is 24.2 Å². The Morgan fingerprint density at radius 3 is 2.06 bits per heavy atom. The Balaban J connectivity index is 2.16. The molecule has 1 saturated carbocycles. The first-order chi connectivity index (χ1) is 16.9. The van der Waals surface area contributed by atoms with E-state index in [0.717, 1.165) is 56.9 Å². The molecule has 1 aliphatic heterocycles. The van der Waals surface area contributed by atoms with Crippen LogP contribution in [0.3, 0.4) is 0 Å². The average molecular weight is 490 g/mol. The molecule has 0 radical (unpaired) electrons. The Bertz CT molecular complexity index is 851. The lowest BCUT2D eigenvalue weighted by Gasteiger charge is -2.50. The summed E-state index contributed by atoms with van der Waals surface area (Å²) in [5.74, 6) is 0.188. The molecule has 1 heterocycles. The molecule has 2 fully saturated rings. The number of hydrogen-bond donors (Lipinski definition) is 1. The van der Waals surface area contributed by atoms with E-state index < -0.39 is 17.4 Å². The molecule has 196 valence electrons. The van der Waals surface area contributed by atoms with Gasteiger partial charge in [-0.25, -0.2) is 4.79 Å². The van der Waals surface area contributed by atoms with Crippen LogP contribution in [0.4, 0.5) is 0 Å². The fraction of sp³-hybridized carbons (Fsp3) is 0.714. The van der Waals surface area contributed by atoms with E-state index in [1.165, 1.54) is 6.42 Å². The predicted molar refractivity (Wildman–Crippen MR) is 135 cm³/mol. The third kappa shape index (κ3) is 5.10. The topological polar surface area (TPSA) is 85.3 Å². The van der Waals surface area contributed by atoms with Crippen molar-refractivity contribution >= 4 is 11.9 Å². The van der Waals surface area contributed by atoms with Crippen molar-refractivity contribution in [2.45, 2.75) is 89.5 Å². The molecule has 0 aromatic heterocycles. The Labute approximate surface area is 210 Å². The zero-order valence-electron chi connectivity index (χ0n) is 22.1. The molecule has 35 heavy (non-hydrogen) atoms. The van der Waals surface area contributed by atoms with Crippen molar-refractivity contribution in [1.82, 2.24) is 4.90 Å². The summed E-state index contributed by atoms with van der Waals surface area (Å²) in [5.41, 5.74) is -0.349. The van der Waals surface area contributed by atoms with E-state index in [1.807, 2.05) is 26.0 Å². The molecule has 1 saturated heterocycles. The van der Waals surface area contributed by atoms with Crippen LogP contribution < -0.4 is 14.2 Å². The van der Waals surface area contributed by atoms with Crippen LogP contribution in [0, 0.1) is 11.8 Å². The fourth-order valence-corrected chi connectivity index (χ4v) is 6.62. The number of carboxylic acids is 1. The second kappa shape index (κ2) is 12.0. The maximum absolute atomic E-state index is 14.6. The van der Waals surface area contributed by atoms with Gasteiger partial charge in [-0.1, -0.05) is 46.0 Å². The van der Waals surface area contributed by atoms with E-state index in [1.54, 1.807) is 26.2 Å². The van der Waals surface area contributed by atoms with E-state index >= 15 is 0 Å².